The zero-order valence-electron chi connectivity index (χ0n) is 12.5. The van der Waals surface area contributed by atoms with Crippen LogP contribution in [0.25, 0.3) is 4.85 Å². The Morgan fingerprint density at radius 2 is 2.05 bits per heavy atom. The number of nitrogens with zero attached hydrogens (tertiary/aromatic N) is 2. The predicted octanol–water partition coefficient (Wildman–Crippen LogP) is 2.16. The van der Waals surface area contributed by atoms with E-state index < -0.39 is 11.5 Å². The molecule has 2 aliphatic rings. The van der Waals surface area contributed by atoms with Gasteiger partial charge in [-0.15, -0.1) is 0 Å². The quantitative estimate of drug-likeness (QED) is 0.864. The Hall–Kier alpha value is -1.86. The molecular weight excluding hydrogens is 262 g/mol. The molecule has 1 aromatic carbocycles. The molecule has 4 heteroatoms. The summed E-state index contributed by atoms with van der Waals surface area (Å²) in [7, 11) is 0. The summed E-state index contributed by atoms with van der Waals surface area (Å²) in [5, 5.41) is 0. The van der Waals surface area contributed by atoms with Crippen molar-refractivity contribution in [1.29, 1.82) is 0 Å². The Balaban J connectivity index is 1.83. The molecule has 0 radical (unpaired) electrons. The van der Waals surface area contributed by atoms with Crippen LogP contribution in [0.4, 0.5) is 0 Å². The van der Waals surface area contributed by atoms with Crippen molar-refractivity contribution in [2.24, 2.45) is 11.7 Å². The lowest BCUT2D eigenvalue weighted by atomic mass is 9.77. The van der Waals surface area contributed by atoms with Gasteiger partial charge in [0.2, 0.25) is 5.91 Å². The summed E-state index contributed by atoms with van der Waals surface area (Å²) in [4.78, 5) is 18.2. The Labute approximate surface area is 125 Å². The Bertz CT molecular complexity index is 590. The number of fused-ring (bicyclic) bond motifs is 1. The molecule has 1 aliphatic heterocycles. The second kappa shape index (κ2) is 4.85. The highest BCUT2D eigenvalue weighted by Crippen LogP contribution is 2.48. The normalized spacial score (nSPS) is 28.7. The Morgan fingerprint density at radius 3 is 2.67 bits per heavy atom. The average Bonchev–Trinajstić information content (AvgIpc) is 3.17. The van der Waals surface area contributed by atoms with E-state index >= 15 is 0 Å². The molecular formula is C17H21N3O. The van der Waals surface area contributed by atoms with Crippen molar-refractivity contribution in [3.8, 4) is 0 Å². The lowest BCUT2D eigenvalue weighted by molar-refractivity contribution is -0.135. The van der Waals surface area contributed by atoms with Crippen LogP contribution in [0.1, 0.15) is 32.3 Å². The van der Waals surface area contributed by atoms with E-state index in [9.17, 15) is 4.79 Å². The van der Waals surface area contributed by atoms with Gasteiger partial charge in [-0.2, -0.15) is 0 Å². The molecule has 4 atom stereocenters. The van der Waals surface area contributed by atoms with E-state index in [1.54, 1.807) is 4.90 Å². The lowest BCUT2D eigenvalue weighted by Gasteiger charge is -2.34. The second-order valence-corrected chi connectivity index (χ2v) is 6.72. The summed E-state index contributed by atoms with van der Waals surface area (Å²) in [5.41, 5.74) is 6.92. The van der Waals surface area contributed by atoms with Crippen molar-refractivity contribution in [1.82, 2.24) is 4.90 Å². The van der Waals surface area contributed by atoms with E-state index in [1.165, 1.54) is 0 Å². The fraction of sp³-hybridized carbons (Fsp3) is 0.529. The van der Waals surface area contributed by atoms with E-state index in [2.05, 4.69) is 4.85 Å². The predicted molar refractivity (Wildman–Crippen MR) is 81.2 cm³/mol. The van der Waals surface area contributed by atoms with Crippen LogP contribution in [0.2, 0.25) is 0 Å². The average molecular weight is 283 g/mol. The number of hydrogen-bond donors (Lipinski definition) is 1. The van der Waals surface area contributed by atoms with Crippen LogP contribution < -0.4 is 5.73 Å². The van der Waals surface area contributed by atoms with Crippen molar-refractivity contribution < 1.29 is 4.79 Å². The molecule has 1 saturated heterocycles. The van der Waals surface area contributed by atoms with Gasteiger partial charge in [0.25, 0.3) is 0 Å². The standard InChI is InChI=1S/C17H21N3O/c1-17(2,12-7-5-4-6-8-12)15(18)16(21)20-13-9-11(13)10-14(20)19-3/h4-8,11,13-15H,9-10,18H2,1-2H3. The molecule has 1 aromatic rings. The first-order chi connectivity index (χ1) is 9.96. The third-order valence-corrected chi connectivity index (χ3v) is 5.04. The maximum absolute atomic E-state index is 12.8. The number of carbonyl (C=O) groups is 1. The van der Waals surface area contributed by atoms with E-state index in [-0.39, 0.29) is 18.1 Å². The SMILES string of the molecule is [C-]#[N+]C1CC2CC2N1C(=O)C(N)C(C)(C)c1ccccc1. The highest BCUT2D eigenvalue weighted by molar-refractivity contribution is 5.85. The molecule has 1 saturated carbocycles. The van der Waals surface area contributed by atoms with E-state index in [4.69, 9.17) is 12.3 Å². The molecule has 2 N–H and O–H groups in total. The molecule has 1 amide bonds. The number of hydrogen-bond acceptors (Lipinski definition) is 2. The minimum atomic E-state index is -0.622. The molecule has 1 heterocycles. The van der Waals surface area contributed by atoms with Gasteiger partial charge in [0.1, 0.15) is 0 Å². The second-order valence-electron chi connectivity index (χ2n) is 6.72. The molecule has 4 nitrogen and oxygen atoms in total. The fourth-order valence-electron chi connectivity index (χ4n) is 3.37. The molecule has 2 fully saturated rings. The van der Waals surface area contributed by atoms with Crippen LogP contribution in [0, 0.1) is 12.5 Å². The first-order valence-electron chi connectivity index (χ1n) is 7.46. The van der Waals surface area contributed by atoms with E-state index in [1.807, 2.05) is 44.2 Å². The summed E-state index contributed by atoms with van der Waals surface area (Å²) in [6.07, 6.45) is 1.55. The topological polar surface area (TPSA) is 50.7 Å². The van der Waals surface area contributed by atoms with Crippen molar-refractivity contribution in [3.05, 3.63) is 47.3 Å². The first kappa shape index (κ1) is 14.1. The van der Waals surface area contributed by atoms with Gasteiger partial charge < -0.3 is 5.73 Å². The number of benzene rings is 1. The van der Waals surface area contributed by atoms with Crippen LogP contribution in [0.15, 0.2) is 30.3 Å². The maximum atomic E-state index is 12.8. The molecule has 0 bridgehead atoms. The molecule has 3 rings (SSSR count). The number of amides is 1. The minimum Gasteiger partial charge on any atom is -0.319 e. The largest absolute Gasteiger partial charge is 0.319 e. The number of carbonyl (C=O) groups excluding carboxylic acids is 1. The van der Waals surface area contributed by atoms with Gasteiger partial charge in [0.15, 0.2) is 0 Å². The molecule has 0 aromatic heterocycles. The third-order valence-electron chi connectivity index (χ3n) is 5.04. The highest BCUT2D eigenvalue weighted by Gasteiger charge is 2.58. The van der Waals surface area contributed by atoms with Crippen molar-refractivity contribution in [2.75, 3.05) is 0 Å². The van der Waals surface area contributed by atoms with Gasteiger partial charge in [-0.05, 0) is 17.9 Å². The van der Waals surface area contributed by atoms with Crippen LogP contribution in [0.3, 0.4) is 0 Å². The van der Waals surface area contributed by atoms with Gasteiger partial charge in [-0.1, -0.05) is 44.2 Å². The van der Waals surface area contributed by atoms with Crippen LogP contribution in [0.5, 0.6) is 0 Å². The number of rotatable bonds is 3. The molecule has 0 spiro atoms. The van der Waals surface area contributed by atoms with Crippen LogP contribution >= 0.6 is 0 Å². The monoisotopic (exact) mass is 283 g/mol. The zero-order chi connectivity index (χ0) is 15.2. The number of nitrogens with two attached hydrogens (primary N) is 1. The maximum Gasteiger partial charge on any atom is 0.301 e. The molecule has 4 unspecified atom stereocenters. The smallest absolute Gasteiger partial charge is 0.301 e. The summed E-state index contributed by atoms with van der Waals surface area (Å²) >= 11 is 0. The summed E-state index contributed by atoms with van der Waals surface area (Å²) in [5.74, 6) is 0.454. The Kier molecular flexibility index (Phi) is 3.26. The van der Waals surface area contributed by atoms with Crippen molar-refractivity contribution in [3.63, 3.8) is 0 Å². The Morgan fingerprint density at radius 1 is 1.38 bits per heavy atom. The highest BCUT2D eigenvalue weighted by atomic mass is 16.2. The third kappa shape index (κ3) is 2.22. The van der Waals surface area contributed by atoms with Gasteiger partial charge in [0.05, 0.1) is 6.04 Å². The van der Waals surface area contributed by atoms with E-state index in [0.717, 1.165) is 18.4 Å². The van der Waals surface area contributed by atoms with Gasteiger partial charge in [-0.25, -0.2) is 6.57 Å². The first-order valence-corrected chi connectivity index (χ1v) is 7.46. The molecule has 1 aliphatic carbocycles. The van der Waals surface area contributed by atoms with Gasteiger partial charge >= 0.3 is 6.17 Å². The number of piperidine rings is 1. The molecule has 21 heavy (non-hydrogen) atoms. The van der Waals surface area contributed by atoms with Gasteiger partial charge in [0, 0.05) is 17.9 Å². The summed E-state index contributed by atoms with van der Waals surface area (Å²) < 4.78 is 0. The lowest BCUT2D eigenvalue weighted by Crippen LogP contribution is -2.54. The fourth-order valence-corrected chi connectivity index (χ4v) is 3.37. The zero-order valence-corrected chi connectivity index (χ0v) is 12.5. The van der Waals surface area contributed by atoms with Crippen LogP contribution in [-0.2, 0) is 10.2 Å². The molecule has 110 valence electrons. The minimum absolute atomic E-state index is 0.0742. The summed E-state index contributed by atoms with van der Waals surface area (Å²) in [6.45, 7) is 11.3. The van der Waals surface area contributed by atoms with Crippen molar-refractivity contribution in [2.45, 2.75) is 50.4 Å². The van der Waals surface area contributed by atoms with Gasteiger partial charge in [-0.3, -0.25) is 14.5 Å². The van der Waals surface area contributed by atoms with Crippen molar-refractivity contribution >= 4 is 5.91 Å². The number of likely N-dealkylation sites (tertiary alicyclic amines) is 1. The van der Waals surface area contributed by atoms with E-state index in [0.29, 0.717) is 5.92 Å². The van der Waals surface area contributed by atoms with Crippen LogP contribution in [-0.4, -0.2) is 29.1 Å². The summed E-state index contributed by atoms with van der Waals surface area (Å²) in [6, 6.07) is 9.52.